The molecule has 0 spiro atoms. The van der Waals surface area contributed by atoms with Crippen molar-refractivity contribution in [2.75, 3.05) is 0 Å². The van der Waals surface area contributed by atoms with Gasteiger partial charge in [-0.25, -0.2) is 4.98 Å². The van der Waals surface area contributed by atoms with Crippen molar-refractivity contribution in [2.24, 2.45) is 0 Å². The lowest BCUT2D eigenvalue weighted by atomic mass is 10.3. The van der Waals surface area contributed by atoms with Gasteiger partial charge in [0.25, 0.3) is 0 Å². The molecule has 0 radical (unpaired) electrons. The Morgan fingerprint density at radius 2 is 2.05 bits per heavy atom. The molecular formula is C15H17N5S. The van der Waals surface area contributed by atoms with E-state index < -0.39 is 0 Å². The predicted octanol–water partition coefficient (Wildman–Crippen LogP) is 3.17. The zero-order valence-corrected chi connectivity index (χ0v) is 13.0. The number of aromatic nitrogens is 5. The van der Waals surface area contributed by atoms with E-state index in [1.165, 1.54) is 18.4 Å². The highest BCUT2D eigenvalue weighted by molar-refractivity contribution is 7.98. The number of thioether (sulfide) groups is 1. The molecular weight excluding hydrogens is 282 g/mol. The maximum atomic E-state index is 4.65. The Hall–Kier alpha value is -1.82. The van der Waals surface area contributed by atoms with E-state index in [1.54, 1.807) is 11.8 Å². The van der Waals surface area contributed by atoms with Gasteiger partial charge in [-0.2, -0.15) is 0 Å². The van der Waals surface area contributed by atoms with Crippen molar-refractivity contribution in [1.82, 2.24) is 24.1 Å². The Labute approximate surface area is 127 Å². The van der Waals surface area contributed by atoms with Gasteiger partial charge in [0.05, 0.1) is 5.69 Å². The lowest BCUT2D eigenvalue weighted by Gasteiger charge is -2.04. The summed E-state index contributed by atoms with van der Waals surface area (Å²) in [7, 11) is 0. The fraction of sp³-hybridized carbons (Fsp3) is 0.400. The number of hydrogen-bond acceptors (Lipinski definition) is 4. The fourth-order valence-corrected chi connectivity index (χ4v) is 3.50. The molecule has 0 aliphatic heterocycles. The third-order valence-electron chi connectivity index (χ3n) is 3.74. The monoisotopic (exact) mass is 299 g/mol. The number of rotatable bonds is 4. The summed E-state index contributed by atoms with van der Waals surface area (Å²) in [6, 6.07) is 4.76. The van der Waals surface area contributed by atoms with E-state index >= 15 is 0 Å². The van der Waals surface area contributed by atoms with Crippen LogP contribution in [0.4, 0.5) is 0 Å². The van der Waals surface area contributed by atoms with Crippen molar-refractivity contribution >= 4 is 17.4 Å². The SMILES string of the molecule is Cc1ccc2nc(CSc3nnc(C)n3C3CC3)cn2c1. The average Bonchev–Trinajstić information content (AvgIpc) is 3.10. The summed E-state index contributed by atoms with van der Waals surface area (Å²) in [5.74, 6) is 1.84. The normalized spacial score (nSPS) is 15.0. The van der Waals surface area contributed by atoms with Crippen LogP contribution in [0.15, 0.2) is 29.7 Å². The predicted molar refractivity (Wildman–Crippen MR) is 82.5 cm³/mol. The minimum absolute atomic E-state index is 0.617. The summed E-state index contributed by atoms with van der Waals surface area (Å²) >= 11 is 1.72. The number of imidazole rings is 1. The first-order valence-corrected chi connectivity index (χ1v) is 8.18. The largest absolute Gasteiger partial charge is 0.307 e. The van der Waals surface area contributed by atoms with Crippen molar-refractivity contribution < 1.29 is 0 Å². The van der Waals surface area contributed by atoms with Crippen molar-refractivity contribution in [3.05, 3.63) is 41.6 Å². The second kappa shape index (κ2) is 4.87. The van der Waals surface area contributed by atoms with Gasteiger partial charge in [0.1, 0.15) is 11.5 Å². The Balaban J connectivity index is 1.55. The third kappa shape index (κ3) is 2.44. The molecule has 6 heteroatoms. The maximum Gasteiger partial charge on any atom is 0.191 e. The fourth-order valence-electron chi connectivity index (χ4n) is 2.57. The number of pyridine rings is 1. The van der Waals surface area contributed by atoms with Crippen LogP contribution in [-0.2, 0) is 5.75 Å². The van der Waals surface area contributed by atoms with Gasteiger partial charge in [-0.05, 0) is 38.3 Å². The van der Waals surface area contributed by atoms with Crippen molar-refractivity contribution in [2.45, 2.75) is 43.6 Å². The van der Waals surface area contributed by atoms with Crippen LogP contribution in [0.5, 0.6) is 0 Å². The smallest absolute Gasteiger partial charge is 0.191 e. The van der Waals surface area contributed by atoms with Gasteiger partial charge in [0.2, 0.25) is 0 Å². The van der Waals surface area contributed by atoms with Crippen molar-refractivity contribution in [3.8, 4) is 0 Å². The molecule has 5 nitrogen and oxygen atoms in total. The third-order valence-corrected chi connectivity index (χ3v) is 4.72. The van der Waals surface area contributed by atoms with E-state index in [1.807, 2.05) is 6.92 Å². The van der Waals surface area contributed by atoms with Crippen LogP contribution in [0.1, 0.15) is 36.0 Å². The molecule has 0 N–H and O–H groups in total. The first-order valence-electron chi connectivity index (χ1n) is 7.19. The molecule has 4 rings (SSSR count). The minimum atomic E-state index is 0.617. The molecule has 0 bridgehead atoms. The number of nitrogens with zero attached hydrogens (tertiary/aromatic N) is 5. The second-order valence-corrected chi connectivity index (χ2v) is 6.57. The number of hydrogen-bond donors (Lipinski definition) is 0. The standard InChI is InChI=1S/C15H17N5S/c1-10-3-6-14-16-12(8-19(14)7-10)9-21-15-18-17-11(2)20(15)13-4-5-13/h3,6-8,13H,4-5,9H2,1-2H3. The highest BCUT2D eigenvalue weighted by Gasteiger charge is 2.28. The van der Waals surface area contributed by atoms with Gasteiger partial charge in [-0.1, -0.05) is 17.8 Å². The maximum absolute atomic E-state index is 4.65. The molecule has 0 amide bonds. The molecule has 0 atom stereocenters. The molecule has 1 fully saturated rings. The summed E-state index contributed by atoms with van der Waals surface area (Å²) in [4.78, 5) is 4.65. The van der Waals surface area contributed by atoms with Crippen LogP contribution in [0.2, 0.25) is 0 Å². The lowest BCUT2D eigenvalue weighted by Crippen LogP contribution is -1.99. The first kappa shape index (κ1) is 12.9. The molecule has 1 saturated carbocycles. The van der Waals surface area contributed by atoms with E-state index in [0.717, 1.165) is 28.1 Å². The van der Waals surface area contributed by atoms with E-state index in [0.29, 0.717) is 6.04 Å². The first-order chi connectivity index (χ1) is 10.2. The summed E-state index contributed by atoms with van der Waals surface area (Å²) in [5.41, 5.74) is 3.31. The molecule has 108 valence electrons. The van der Waals surface area contributed by atoms with Crippen LogP contribution in [0.3, 0.4) is 0 Å². The molecule has 1 aliphatic carbocycles. The van der Waals surface area contributed by atoms with Gasteiger partial charge in [0, 0.05) is 24.2 Å². The highest BCUT2D eigenvalue weighted by atomic mass is 32.2. The summed E-state index contributed by atoms with van der Waals surface area (Å²) in [5, 5.41) is 9.53. The Morgan fingerprint density at radius 3 is 2.86 bits per heavy atom. The zero-order valence-electron chi connectivity index (χ0n) is 12.2. The van der Waals surface area contributed by atoms with Gasteiger partial charge in [-0.15, -0.1) is 10.2 Å². The molecule has 0 saturated heterocycles. The molecule has 21 heavy (non-hydrogen) atoms. The molecule has 3 aromatic heterocycles. The Morgan fingerprint density at radius 1 is 1.19 bits per heavy atom. The van der Waals surface area contributed by atoms with E-state index in [4.69, 9.17) is 0 Å². The average molecular weight is 299 g/mol. The molecule has 1 aliphatic rings. The van der Waals surface area contributed by atoms with Gasteiger partial charge in [-0.3, -0.25) is 0 Å². The molecule has 0 unspecified atom stereocenters. The van der Waals surface area contributed by atoms with E-state index in [-0.39, 0.29) is 0 Å². The van der Waals surface area contributed by atoms with Crippen LogP contribution in [0, 0.1) is 13.8 Å². The van der Waals surface area contributed by atoms with Gasteiger partial charge < -0.3 is 8.97 Å². The Bertz CT molecular complexity index is 800. The zero-order chi connectivity index (χ0) is 14.4. The number of aryl methyl sites for hydroxylation is 2. The summed E-state index contributed by atoms with van der Waals surface area (Å²) in [6.45, 7) is 4.12. The summed E-state index contributed by atoms with van der Waals surface area (Å²) in [6.07, 6.45) is 6.70. The van der Waals surface area contributed by atoms with Crippen LogP contribution in [0.25, 0.3) is 5.65 Å². The quantitative estimate of drug-likeness (QED) is 0.694. The second-order valence-electron chi connectivity index (χ2n) is 5.62. The number of fused-ring (bicyclic) bond motifs is 1. The van der Waals surface area contributed by atoms with Gasteiger partial charge in [0.15, 0.2) is 5.16 Å². The van der Waals surface area contributed by atoms with Crippen molar-refractivity contribution in [3.63, 3.8) is 0 Å². The molecule has 0 aromatic carbocycles. The van der Waals surface area contributed by atoms with E-state index in [2.05, 4.69) is 55.6 Å². The minimum Gasteiger partial charge on any atom is -0.307 e. The van der Waals surface area contributed by atoms with E-state index in [9.17, 15) is 0 Å². The molecule has 3 aromatic rings. The highest BCUT2D eigenvalue weighted by Crippen LogP contribution is 2.38. The van der Waals surface area contributed by atoms with Crippen molar-refractivity contribution in [1.29, 1.82) is 0 Å². The van der Waals surface area contributed by atoms with Crippen LogP contribution >= 0.6 is 11.8 Å². The Kier molecular flexibility index (Phi) is 2.99. The van der Waals surface area contributed by atoms with Crippen LogP contribution < -0.4 is 0 Å². The topological polar surface area (TPSA) is 48.0 Å². The van der Waals surface area contributed by atoms with Crippen LogP contribution in [-0.4, -0.2) is 24.1 Å². The molecule has 3 heterocycles. The summed E-state index contributed by atoms with van der Waals surface area (Å²) < 4.78 is 4.35. The van der Waals surface area contributed by atoms with Gasteiger partial charge >= 0.3 is 0 Å². The lowest BCUT2D eigenvalue weighted by molar-refractivity contribution is 0.644.